The Morgan fingerprint density at radius 3 is 2.88 bits per heavy atom. The average molecular weight is 253 g/mol. The van der Waals surface area contributed by atoms with Crippen molar-refractivity contribution < 1.29 is 8.78 Å². The highest BCUT2D eigenvalue weighted by atomic mass is 32.2. The molecule has 0 unspecified atom stereocenters. The van der Waals surface area contributed by atoms with Crippen molar-refractivity contribution in [2.45, 2.75) is 18.0 Å². The molecule has 2 rings (SSSR count). The Hall–Kier alpha value is -1.61. The highest BCUT2D eigenvalue weighted by Gasteiger charge is 2.08. The lowest BCUT2D eigenvalue weighted by Gasteiger charge is -1.92. The van der Waals surface area contributed by atoms with Crippen molar-refractivity contribution in [3.8, 4) is 6.07 Å². The number of nitrogens with zero attached hydrogens (tertiary/aromatic N) is 2. The number of nitrogens with one attached hydrogen (secondary N) is 1. The van der Waals surface area contributed by atoms with Crippen LogP contribution in [0.25, 0.3) is 11.0 Å². The molecule has 0 atom stereocenters. The number of hydrogen-bond donors (Lipinski definition) is 1. The van der Waals surface area contributed by atoms with Crippen molar-refractivity contribution in [2.75, 3.05) is 5.75 Å². The summed E-state index contributed by atoms with van der Waals surface area (Å²) in [5.74, 6) is -1.04. The summed E-state index contributed by atoms with van der Waals surface area (Å²) < 4.78 is 25.9. The van der Waals surface area contributed by atoms with Crippen molar-refractivity contribution in [3.05, 3.63) is 23.8 Å². The molecule has 0 bridgehead atoms. The molecule has 0 fully saturated rings. The summed E-state index contributed by atoms with van der Waals surface area (Å²) in [6, 6.07) is 4.22. The van der Waals surface area contributed by atoms with Gasteiger partial charge in [-0.25, -0.2) is 13.8 Å². The van der Waals surface area contributed by atoms with E-state index < -0.39 is 11.6 Å². The highest BCUT2D eigenvalue weighted by molar-refractivity contribution is 7.99. The van der Waals surface area contributed by atoms with Gasteiger partial charge in [-0.15, -0.1) is 0 Å². The first kappa shape index (κ1) is 11.9. The predicted octanol–water partition coefficient (Wildman–Crippen LogP) is 3.24. The Bertz CT molecular complexity index is 535. The quantitative estimate of drug-likeness (QED) is 0.672. The van der Waals surface area contributed by atoms with E-state index in [-0.39, 0.29) is 0 Å². The van der Waals surface area contributed by atoms with Crippen LogP contribution in [0.1, 0.15) is 12.8 Å². The summed E-state index contributed by atoms with van der Waals surface area (Å²) in [5, 5.41) is 8.99. The zero-order valence-corrected chi connectivity index (χ0v) is 9.65. The molecule has 1 aromatic heterocycles. The van der Waals surface area contributed by atoms with E-state index in [9.17, 15) is 8.78 Å². The molecule has 0 aliphatic rings. The molecule has 3 nitrogen and oxygen atoms in total. The Morgan fingerprint density at radius 2 is 2.12 bits per heavy atom. The van der Waals surface area contributed by atoms with Gasteiger partial charge in [-0.05, 0) is 6.42 Å². The molecule has 1 heterocycles. The average Bonchev–Trinajstić information content (AvgIpc) is 2.67. The molecule has 0 saturated carbocycles. The van der Waals surface area contributed by atoms with Crippen LogP contribution in [0.2, 0.25) is 0 Å². The van der Waals surface area contributed by atoms with Crippen molar-refractivity contribution in [2.24, 2.45) is 0 Å². The Morgan fingerprint density at radius 1 is 1.35 bits per heavy atom. The largest absolute Gasteiger partial charge is 0.333 e. The molecule has 0 saturated heterocycles. The van der Waals surface area contributed by atoms with Gasteiger partial charge in [0.25, 0.3) is 0 Å². The van der Waals surface area contributed by atoms with Crippen molar-refractivity contribution in [1.82, 2.24) is 9.97 Å². The lowest BCUT2D eigenvalue weighted by atomic mass is 10.3. The third-order valence-electron chi connectivity index (χ3n) is 2.17. The molecular formula is C11H9F2N3S. The van der Waals surface area contributed by atoms with Gasteiger partial charge in [-0.1, -0.05) is 11.8 Å². The van der Waals surface area contributed by atoms with Gasteiger partial charge < -0.3 is 4.98 Å². The van der Waals surface area contributed by atoms with Gasteiger partial charge >= 0.3 is 0 Å². The van der Waals surface area contributed by atoms with Crippen molar-refractivity contribution in [3.63, 3.8) is 0 Å². The molecule has 0 aliphatic carbocycles. The van der Waals surface area contributed by atoms with E-state index in [1.54, 1.807) is 0 Å². The third-order valence-corrected chi connectivity index (χ3v) is 3.13. The maximum absolute atomic E-state index is 12.9. The molecule has 6 heteroatoms. The normalized spacial score (nSPS) is 10.6. The number of H-pyrrole nitrogens is 1. The van der Waals surface area contributed by atoms with Gasteiger partial charge in [0.2, 0.25) is 0 Å². The number of imidazole rings is 1. The fourth-order valence-corrected chi connectivity index (χ4v) is 2.20. The molecule has 0 amide bonds. The minimum absolute atomic E-state index is 0.409. The summed E-state index contributed by atoms with van der Waals surface area (Å²) in [6.07, 6.45) is 1.26. The van der Waals surface area contributed by atoms with E-state index in [4.69, 9.17) is 5.26 Å². The first-order valence-corrected chi connectivity index (χ1v) is 6.04. The zero-order valence-electron chi connectivity index (χ0n) is 8.83. The molecule has 2 aromatic rings. The highest BCUT2D eigenvalue weighted by Crippen LogP contribution is 2.22. The number of aromatic nitrogens is 2. The second-order valence-electron chi connectivity index (χ2n) is 3.44. The predicted molar refractivity (Wildman–Crippen MR) is 61.6 cm³/mol. The SMILES string of the molecule is N#CCCCSc1nc2cc(F)c(F)cc2[nH]1. The third kappa shape index (κ3) is 2.74. The topological polar surface area (TPSA) is 52.5 Å². The van der Waals surface area contributed by atoms with E-state index in [2.05, 4.69) is 16.0 Å². The fourth-order valence-electron chi connectivity index (χ4n) is 1.37. The van der Waals surface area contributed by atoms with Crippen LogP contribution in [0.15, 0.2) is 17.3 Å². The Balaban J connectivity index is 2.12. The lowest BCUT2D eigenvalue weighted by Crippen LogP contribution is -1.82. The van der Waals surface area contributed by atoms with Crippen LogP contribution in [-0.4, -0.2) is 15.7 Å². The van der Waals surface area contributed by atoms with Gasteiger partial charge in [0, 0.05) is 24.3 Å². The number of unbranched alkanes of at least 4 members (excludes halogenated alkanes) is 1. The second kappa shape index (κ2) is 5.15. The summed E-state index contributed by atoms with van der Waals surface area (Å²) in [7, 11) is 0. The summed E-state index contributed by atoms with van der Waals surface area (Å²) >= 11 is 1.44. The zero-order chi connectivity index (χ0) is 12.3. The van der Waals surface area contributed by atoms with Crippen LogP contribution in [-0.2, 0) is 0 Å². The molecule has 17 heavy (non-hydrogen) atoms. The molecule has 0 aliphatic heterocycles. The van der Waals surface area contributed by atoms with Crippen LogP contribution in [0, 0.1) is 23.0 Å². The Kier molecular flexibility index (Phi) is 3.59. The summed E-state index contributed by atoms with van der Waals surface area (Å²) in [4.78, 5) is 7.03. The number of aromatic amines is 1. The molecule has 0 spiro atoms. The molecule has 88 valence electrons. The minimum atomic E-state index is -0.898. The van der Waals surface area contributed by atoms with Gasteiger partial charge in [0.05, 0.1) is 17.1 Å². The van der Waals surface area contributed by atoms with Crippen molar-refractivity contribution >= 4 is 22.8 Å². The van der Waals surface area contributed by atoms with Crippen LogP contribution in [0.4, 0.5) is 8.78 Å². The monoisotopic (exact) mass is 253 g/mol. The van der Waals surface area contributed by atoms with Crippen molar-refractivity contribution in [1.29, 1.82) is 5.26 Å². The summed E-state index contributed by atoms with van der Waals surface area (Å²) in [6.45, 7) is 0. The fraction of sp³-hybridized carbons (Fsp3) is 0.273. The number of fused-ring (bicyclic) bond motifs is 1. The maximum atomic E-state index is 12.9. The van der Waals surface area contributed by atoms with Gasteiger partial charge in [0.1, 0.15) is 0 Å². The van der Waals surface area contributed by atoms with E-state index in [1.807, 2.05) is 0 Å². The maximum Gasteiger partial charge on any atom is 0.166 e. The first-order chi connectivity index (χ1) is 8.20. The smallest absolute Gasteiger partial charge is 0.166 e. The number of hydrogen-bond acceptors (Lipinski definition) is 3. The van der Waals surface area contributed by atoms with Gasteiger partial charge in [-0.2, -0.15) is 5.26 Å². The summed E-state index contributed by atoms with van der Waals surface area (Å²) in [5.41, 5.74) is 0.887. The number of benzene rings is 1. The van der Waals surface area contributed by atoms with Crippen LogP contribution < -0.4 is 0 Å². The second-order valence-corrected chi connectivity index (χ2v) is 4.52. The van der Waals surface area contributed by atoms with E-state index in [1.165, 1.54) is 11.8 Å². The van der Waals surface area contributed by atoms with Gasteiger partial charge in [0.15, 0.2) is 16.8 Å². The van der Waals surface area contributed by atoms with Crippen LogP contribution in [0.3, 0.4) is 0 Å². The van der Waals surface area contributed by atoms with E-state index >= 15 is 0 Å². The van der Waals surface area contributed by atoms with Crippen LogP contribution >= 0.6 is 11.8 Å². The lowest BCUT2D eigenvalue weighted by molar-refractivity contribution is 0.510. The molecular weight excluding hydrogens is 244 g/mol. The minimum Gasteiger partial charge on any atom is -0.333 e. The number of thioether (sulfide) groups is 1. The van der Waals surface area contributed by atoms with E-state index in [0.717, 1.165) is 24.3 Å². The molecule has 1 aromatic carbocycles. The van der Waals surface area contributed by atoms with Gasteiger partial charge in [-0.3, -0.25) is 0 Å². The molecule has 0 radical (unpaired) electrons. The number of halogens is 2. The number of nitriles is 1. The standard InChI is InChI=1S/C11H9F2N3S/c12-7-5-9-10(6-8(7)13)16-11(15-9)17-4-2-1-3-14/h5-6H,1-2,4H2,(H,15,16). The van der Waals surface area contributed by atoms with Crippen LogP contribution in [0.5, 0.6) is 0 Å². The number of rotatable bonds is 4. The Labute approximate surface area is 101 Å². The first-order valence-electron chi connectivity index (χ1n) is 5.05. The van der Waals surface area contributed by atoms with E-state index in [0.29, 0.717) is 22.6 Å². The molecule has 1 N–H and O–H groups in total.